The minimum atomic E-state index is -2.27. The van der Waals surface area contributed by atoms with Crippen LogP contribution in [0.3, 0.4) is 0 Å². The normalized spacial score (nSPS) is 49.2. The zero-order valence-corrected chi connectivity index (χ0v) is 75.3. The highest BCUT2D eigenvalue weighted by molar-refractivity contribution is 5.88. The molecule has 0 aromatic heterocycles. The fourth-order valence-electron chi connectivity index (χ4n) is 22.8. The van der Waals surface area contributed by atoms with Crippen LogP contribution in [0.1, 0.15) is 140 Å². The molecule has 0 spiro atoms. The van der Waals surface area contributed by atoms with E-state index in [4.69, 9.17) is 85.3 Å². The largest absolute Gasteiger partial charge is 0.463 e. The number of allylic oxidation sites excluding steroid dienone is 3. The summed E-state index contributed by atoms with van der Waals surface area (Å²) in [6, 6.07) is -1.50. The summed E-state index contributed by atoms with van der Waals surface area (Å²) < 4.78 is 109. The number of hydrogen-bond acceptors (Lipinski definition) is 43. The monoisotopic (exact) mass is 1880 g/mol. The third-order valence-electron chi connectivity index (χ3n) is 31.0. The molecule has 5 aliphatic carbocycles. The average Bonchev–Trinajstić information content (AvgIpc) is 0.782. The summed E-state index contributed by atoms with van der Waals surface area (Å²) in [5, 5.41) is 241. The molecule has 22 N–H and O–H groups in total. The van der Waals surface area contributed by atoms with Crippen molar-refractivity contribution >= 4 is 23.8 Å². The van der Waals surface area contributed by atoms with E-state index in [1.807, 2.05) is 27.7 Å². The molecular weight excluding hydrogens is 1750 g/mol. The fourth-order valence-corrected chi connectivity index (χ4v) is 22.8. The minimum Gasteiger partial charge on any atom is -0.463 e. The number of carbonyl (C=O) groups is 4. The van der Waals surface area contributed by atoms with Crippen LogP contribution in [0, 0.1) is 50.2 Å². The molecule has 8 aliphatic heterocycles. The van der Waals surface area contributed by atoms with Gasteiger partial charge in [0.05, 0.1) is 76.8 Å². The number of fused-ring (bicyclic) bond motifs is 7. The Kier molecular flexibility index (Phi) is 32.1. The van der Waals surface area contributed by atoms with Crippen molar-refractivity contribution < 1.29 is 212 Å². The van der Waals surface area contributed by atoms with Crippen molar-refractivity contribution in [3.05, 3.63) is 36.0 Å². The van der Waals surface area contributed by atoms with Gasteiger partial charge in [-0.05, 0) is 123 Å². The number of aliphatic hydroxyl groups is 21. The highest BCUT2D eigenvalue weighted by Crippen LogP contribution is 2.76. The molecule has 13 aliphatic rings. The van der Waals surface area contributed by atoms with E-state index in [1.54, 1.807) is 0 Å². The quantitative estimate of drug-likeness (QED) is 0.0114. The highest BCUT2D eigenvalue weighted by atomic mass is 16.8. The first-order valence-corrected chi connectivity index (χ1v) is 45.0. The number of aliphatic hydroxyl groups excluding tert-OH is 19. The van der Waals surface area contributed by atoms with E-state index in [0.29, 0.717) is 32.1 Å². The maximum absolute atomic E-state index is 16.5. The van der Waals surface area contributed by atoms with E-state index in [9.17, 15) is 122 Å². The van der Waals surface area contributed by atoms with Crippen LogP contribution in [-0.4, -0.2) is 423 Å². The van der Waals surface area contributed by atoms with Crippen LogP contribution in [-0.2, 0) is 104 Å². The van der Waals surface area contributed by atoms with E-state index >= 15 is 4.79 Å². The molecule has 0 aromatic rings. The molecule has 45 atom stereocenters. The molecule has 13 rings (SSSR count). The molecule has 1 amide bonds. The lowest BCUT2D eigenvalue weighted by atomic mass is 9.33. The third-order valence-corrected chi connectivity index (χ3v) is 31.0. The number of carbonyl (C=O) groups excluding carboxylic acids is 4. The lowest BCUT2D eigenvalue weighted by Gasteiger charge is -2.72. The SMILES string of the molecule is C=CC(C)(O)CC/C=C(\C)C(=O)O[C@@H]1[C@@H](O)[C@H](O[C@H]2[C@H](O)[C@@H](O[C@@H]3OC[C@@H](O)[C@H](O[C@@H]4OC[C@](O)(CO)[C@H]4O)[C@H]3O)[C@H](OC(=O)[C@]34C[C@H](O)C(C)(C)C[C@H]3C3=CC[C@@H]5[C@@]6(C)CC[C@H](O[C@@H]7O[C@H](CO[C@@H]8OC[C@H](O)[C@H](O[C@@H]9OC[C@@H](O)[C@H](O)[C@H]9O)[C@H]8O)[C@@H](O[C@@H]8O[C@H](CO)[C@@H](O)[C@H](O)[C@H]8O)[C@H](O)[C@H]7NC(C)=O)C(C)(C)[C@@H]6CC[C@@]5(C)[C@]3(C)C[C@H]4O)O[C@@H]2COC(C)=O)OC[C@H]1O. The van der Waals surface area contributed by atoms with E-state index in [0.717, 1.165) is 12.5 Å². The summed E-state index contributed by atoms with van der Waals surface area (Å²) in [4.78, 5) is 56.3. The van der Waals surface area contributed by atoms with Crippen LogP contribution in [0.15, 0.2) is 36.0 Å². The van der Waals surface area contributed by atoms with Gasteiger partial charge in [-0.25, -0.2) is 4.79 Å². The van der Waals surface area contributed by atoms with Gasteiger partial charge in [-0.3, -0.25) is 14.4 Å². The van der Waals surface area contributed by atoms with Gasteiger partial charge in [0.1, 0.15) is 158 Å². The van der Waals surface area contributed by atoms with Crippen LogP contribution in [0.4, 0.5) is 0 Å². The van der Waals surface area contributed by atoms with Crippen molar-refractivity contribution in [3.63, 3.8) is 0 Å². The zero-order valence-electron chi connectivity index (χ0n) is 75.3. The van der Waals surface area contributed by atoms with Gasteiger partial charge in [0.2, 0.25) is 12.2 Å². The van der Waals surface area contributed by atoms with Crippen molar-refractivity contribution in [1.82, 2.24) is 5.32 Å². The van der Waals surface area contributed by atoms with Gasteiger partial charge in [0.15, 0.2) is 56.2 Å². The molecule has 44 heteroatoms. The van der Waals surface area contributed by atoms with Crippen LogP contribution in [0.25, 0.3) is 0 Å². The summed E-state index contributed by atoms with van der Waals surface area (Å²) in [5.41, 5.74) is -8.80. The fraction of sp³-hybridized carbons (Fsp3) is 0.885. The van der Waals surface area contributed by atoms with Gasteiger partial charge in [0, 0.05) is 19.4 Å². The second kappa shape index (κ2) is 40.5. The van der Waals surface area contributed by atoms with Crippen molar-refractivity contribution in [1.29, 1.82) is 0 Å². The standard InChI is InChI=1S/C87H137NO43/c1-13-82(9,112)20-14-15-35(2)70(110)125-63-41(94)29-117-74(61(63)107)128-67-45(31-114-37(4)92)123-77(68(59(67)105)130-75-62(108)65(43(96)30-118-75)127-78-69(109)86(113,33-90)34-120-78)131-79(111)87-25-49(97)80(5,6)23-39(87)38-16-17-48-83(10)21-19-51(81(7,8)47(83)18-22-84(48,11)85(38,12)24-50(87)98)124-71-52(88-36(3)91)55(101)66(129-76-58(104)56(102)54(100)44(26-89)121-76)46(122-71)32-119-72-60(106)64(42(95)28-115-72)126-73-57(103)53(99)40(93)27-116-73/h13,15-16,39-69,71-78,89-90,93-109,112-113H,1,14,17-34H2,2-12H3,(H,88,91)/b35-15+/t39-,40+,41+,42-,43+,44+,45+,46+,47-,48+,49-,50+,51-,52+,53-,54+,55+,56-,57+,58+,59-,60+,61+,62+,63-,64-,65-,66+,67+,68+,69-,71-,72-,73-,74-,75-,76-,77-,78-,82?,83-,84+,85+,86+,87+/m0/s1. The molecule has 0 aromatic carbocycles. The first kappa shape index (κ1) is 104. The molecule has 0 radical (unpaired) electrons. The molecule has 0 bridgehead atoms. The first-order chi connectivity index (χ1) is 61.4. The number of esters is 3. The minimum absolute atomic E-state index is 0.0203. The summed E-state index contributed by atoms with van der Waals surface area (Å²) in [5.74, 6) is -5.07. The Labute approximate surface area is 756 Å². The lowest BCUT2D eigenvalue weighted by Crippen LogP contribution is -2.70. The molecule has 4 saturated carbocycles. The average molecular weight is 1890 g/mol. The Hall–Kier alpha value is -4.34. The van der Waals surface area contributed by atoms with Gasteiger partial charge >= 0.3 is 17.9 Å². The number of amides is 1. The number of nitrogens with one attached hydrogen (secondary N) is 1. The molecule has 131 heavy (non-hydrogen) atoms. The molecule has 12 fully saturated rings. The maximum Gasteiger partial charge on any atom is 0.333 e. The van der Waals surface area contributed by atoms with E-state index < -0.39 is 360 Å². The number of hydrogen-bond donors (Lipinski definition) is 22. The Morgan fingerprint density at radius 1 is 0.542 bits per heavy atom. The summed E-state index contributed by atoms with van der Waals surface area (Å²) in [6.07, 6.45) is -55.6. The summed E-state index contributed by atoms with van der Waals surface area (Å²) >= 11 is 0. The van der Waals surface area contributed by atoms with Gasteiger partial charge in [-0.15, -0.1) is 6.58 Å². The van der Waals surface area contributed by atoms with Gasteiger partial charge in [-0.2, -0.15) is 0 Å². The molecule has 1 unspecified atom stereocenters. The van der Waals surface area contributed by atoms with Crippen molar-refractivity contribution in [2.24, 2.45) is 50.2 Å². The molecule has 44 nitrogen and oxygen atoms in total. The van der Waals surface area contributed by atoms with Crippen molar-refractivity contribution in [2.45, 2.75) is 373 Å². The Morgan fingerprint density at radius 2 is 1.09 bits per heavy atom. The number of ether oxygens (including phenoxy) is 18. The summed E-state index contributed by atoms with van der Waals surface area (Å²) in [7, 11) is 0. The predicted molar refractivity (Wildman–Crippen MR) is 435 cm³/mol. The molecule has 748 valence electrons. The summed E-state index contributed by atoms with van der Waals surface area (Å²) in [6.45, 7) is 16.5. The molecular formula is C87H137NO43. The highest BCUT2D eigenvalue weighted by Gasteiger charge is 2.74. The zero-order chi connectivity index (χ0) is 96.0. The van der Waals surface area contributed by atoms with Crippen LogP contribution in [0.5, 0.6) is 0 Å². The molecule has 8 heterocycles. The van der Waals surface area contributed by atoms with Crippen LogP contribution >= 0.6 is 0 Å². The van der Waals surface area contributed by atoms with Gasteiger partial charge < -0.3 is 198 Å². The Balaban J connectivity index is 0.778. The van der Waals surface area contributed by atoms with E-state index in [1.165, 1.54) is 32.9 Å². The second-order valence-corrected chi connectivity index (χ2v) is 40.3. The smallest absolute Gasteiger partial charge is 0.333 e. The van der Waals surface area contributed by atoms with E-state index in [2.05, 4.69) is 38.7 Å². The second-order valence-electron chi connectivity index (χ2n) is 40.3. The first-order valence-electron chi connectivity index (χ1n) is 45.0. The maximum atomic E-state index is 16.5. The van der Waals surface area contributed by atoms with Crippen LogP contribution in [0.2, 0.25) is 0 Å². The van der Waals surface area contributed by atoms with Crippen molar-refractivity contribution in [2.75, 3.05) is 59.5 Å². The van der Waals surface area contributed by atoms with Gasteiger partial charge in [-0.1, -0.05) is 72.3 Å². The Bertz CT molecular complexity index is 3990. The lowest BCUT2D eigenvalue weighted by molar-refractivity contribution is -0.377. The predicted octanol–water partition coefficient (Wildman–Crippen LogP) is -6.67. The Morgan fingerprint density at radius 3 is 1.71 bits per heavy atom. The molecule has 8 saturated heterocycles. The van der Waals surface area contributed by atoms with Gasteiger partial charge in [0.25, 0.3) is 0 Å². The topological polar surface area (TPSA) is 671 Å². The van der Waals surface area contributed by atoms with Crippen molar-refractivity contribution in [3.8, 4) is 0 Å². The number of rotatable bonds is 28. The third kappa shape index (κ3) is 20.0. The van der Waals surface area contributed by atoms with E-state index in [-0.39, 0.29) is 43.1 Å². The van der Waals surface area contributed by atoms with Crippen LogP contribution < -0.4 is 5.32 Å².